The molecule has 1 fully saturated rings. The minimum atomic E-state index is -0.828. The van der Waals surface area contributed by atoms with Crippen LogP contribution in [0.3, 0.4) is 0 Å². The molecule has 0 unspecified atom stereocenters. The van der Waals surface area contributed by atoms with Gasteiger partial charge in [-0.05, 0) is 30.9 Å². The number of carboxylic acid groups (broad SMARTS) is 1. The number of carboxylic acids is 1. The van der Waals surface area contributed by atoms with E-state index in [0.29, 0.717) is 10.9 Å². The van der Waals surface area contributed by atoms with Crippen LogP contribution >= 0.6 is 23.4 Å². The van der Waals surface area contributed by atoms with Gasteiger partial charge in [0.2, 0.25) is 0 Å². The van der Waals surface area contributed by atoms with E-state index in [0.717, 1.165) is 22.7 Å². The Morgan fingerprint density at radius 1 is 1.43 bits per heavy atom. The fraction of sp³-hybridized carbons (Fsp3) is 0.467. The number of aliphatic carboxylic acids is 1. The summed E-state index contributed by atoms with van der Waals surface area (Å²) in [6.45, 7) is 0.902. The molecule has 1 aromatic carbocycles. The molecular weight excluding hydrogens is 308 g/mol. The zero-order chi connectivity index (χ0) is 14.8. The topological polar surface area (TPSA) is 55.1 Å². The van der Waals surface area contributed by atoms with Crippen LogP contribution in [0.2, 0.25) is 5.02 Å². The number of nitrogens with zero attached hydrogens (tertiary/aromatic N) is 2. The van der Waals surface area contributed by atoms with E-state index in [1.54, 1.807) is 0 Å². The Kier molecular flexibility index (Phi) is 4.40. The number of imidazole rings is 1. The highest BCUT2D eigenvalue weighted by Crippen LogP contribution is 2.32. The predicted octanol–water partition coefficient (Wildman–Crippen LogP) is 4.06. The molecule has 0 spiro atoms. The van der Waals surface area contributed by atoms with Crippen LogP contribution in [-0.2, 0) is 11.3 Å². The second-order valence-electron chi connectivity index (χ2n) is 5.45. The van der Waals surface area contributed by atoms with E-state index >= 15 is 0 Å². The molecule has 1 aromatic heterocycles. The Morgan fingerprint density at radius 3 is 2.90 bits per heavy atom. The number of aromatic nitrogens is 2. The predicted molar refractivity (Wildman–Crippen MR) is 85.1 cm³/mol. The van der Waals surface area contributed by atoms with Crippen molar-refractivity contribution >= 4 is 40.4 Å². The third-order valence-electron chi connectivity index (χ3n) is 3.93. The monoisotopic (exact) mass is 324 g/mol. The van der Waals surface area contributed by atoms with Crippen molar-refractivity contribution in [2.75, 3.05) is 5.75 Å². The Labute approximate surface area is 132 Å². The van der Waals surface area contributed by atoms with Crippen molar-refractivity contribution in [3.05, 3.63) is 23.2 Å². The van der Waals surface area contributed by atoms with Crippen LogP contribution in [0.4, 0.5) is 0 Å². The first-order valence-electron chi connectivity index (χ1n) is 7.14. The number of fused-ring (bicyclic) bond motifs is 1. The number of carbonyl (C=O) groups is 1. The largest absolute Gasteiger partial charge is 0.481 e. The number of hydrogen-bond acceptors (Lipinski definition) is 3. The third-order valence-corrected chi connectivity index (χ3v) is 5.20. The van der Waals surface area contributed by atoms with Crippen molar-refractivity contribution in [2.24, 2.45) is 5.92 Å². The molecule has 1 N–H and O–H groups in total. The average molecular weight is 325 g/mol. The molecule has 6 heteroatoms. The fourth-order valence-electron chi connectivity index (χ4n) is 2.96. The van der Waals surface area contributed by atoms with E-state index in [1.165, 1.54) is 37.4 Å². The van der Waals surface area contributed by atoms with Gasteiger partial charge in [0.15, 0.2) is 5.16 Å². The Balaban J connectivity index is 1.97. The smallest absolute Gasteiger partial charge is 0.313 e. The zero-order valence-corrected chi connectivity index (χ0v) is 13.2. The molecule has 0 saturated heterocycles. The van der Waals surface area contributed by atoms with Crippen molar-refractivity contribution in [1.29, 1.82) is 0 Å². The maximum atomic E-state index is 10.8. The zero-order valence-electron chi connectivity index (χ0n) is 11.6. The summed E-state index contributed by atoms with van der Waals surface area (Å²) in [4.78, 5) is 15.4. The molecular formula is C15H17ClN2O2S. The van der Waals surface area contributed by atoms with Crippen molar-refractivity contribution < 1.29 is 9.90 Å². The molecule has 1 saturated carbocycles. The van der Waals surface area contributed by atoms with E-state index in [1.807, 2.05) is 18.2 Å². The van der Waals surface area contributed by atoms with E-state index in [4.69, 9.17) is 16.7 Å². The highest BCUT2D eigenvalue weighted by Gasteiger charge is 2.20. The number of hydrogen-bond donors (Lipinski definition) is 1. The number of rotatable bonds is 5. The number of para-hydroxylation sites is 1. The fourth-order valence-corrected chi connectivity index (χ4v) is 3.90. The lowest BCUT2D eigenvalue weighted by Gasteiger charge is -2.13. The van der Waals surface area contributed by atoms with Gasteiger partial charge in [-0.1, -0.05) is 42.3 Å². The molecule has 1 aliphatic rings. The third kappa shape index (κ3) is 3.19. The first kappa shape index (κ1) is 14.7. The lowest BCUT2D eigenvalue weighted by Crippen LogP contribution is -2.09. The van der Waals surface area contributed by atoms with Crippen LogP contribution < -0.4 is 0 Å². The summed E-state index contributed by atoms with van der Waals surface area (Å²) in [6, 6.07) is 5.75. The minimum Gasteiger partial charge on any atom is -0.481 e. The van der Waals surface area contributed by atoms with Crippen LogP contribution in [0.25, 0.3) is 11.0 Å². The summed E-state index contributed by atoms with van der Waals surface area (Å²) in [6.07, 6.45) is 5.05. The molecule has 1 aliphatic carbocycles. The van der Waals surface area contributed by atoms with E-state index in [2.05, 4.69) is 9.55 Å². The van der Waals surface area contributed by atoms with E-state index in [-0.39, 0.29) is 5.75 Å². The second kappa shape index (κ2) is 6.28. The van der Waals surface area contributed by atoms with Crippen molar-refractivity contribution in [3.8, 4) is 0 Å². The standard InChI is InChI=1S/C15H17ClN2O2S/c16-11-6-3-7-12-14(11)17-15(21-9-13(19)20)18(12)8-10-4-1-2-5-10/h3,6-7,10H,1-2,4-5,8-9H2,(H,19,20). The molecule has 0 aliphatic heterocycles. The Bertz CT molecular complexity index is 665. The molecule has 0 bridgehead atoms. The molecule has 2 aromatic rings. The summed E-state index contributed by atoms with van der Waals surface area (Å²) < 4.78 is 2.14. The number of thioether (sulfide) groups is 1. The second-order valence-corrected chi connectivity index (χ2v) is 6.80. The van der Waals surface area contributed by atoms with Gasteiger partial charge in [0, 0.05) is 6.54 Å². The Morgan fingerprint density at radius 2 is 2.19 bits per heavy atom. The molecule has 21 heavy (non-hydrogen) atoms. The summed E-state index contributed by atoms with van der Waals surface area (Å²) in [5.74, 6) is -0.151. The summed E-state index contributed by atoms with van der Waals surface area (Å²) in [5, 5.41) is 10.3. The van der Waals surface area contributed by atoms with Crippen molar-refractivity contribution in [1.82, 2.24) is 9.55 Å². The summed E-state index contributed by atoms with van der Waals surface area (Å²) >= 11 is 7.49. The average Bonchev–Trinajstić information content (AvgIpc) is 3.07. The molecule has 4 nitrogen and oxygen atoms in total. The van der Waals surface area contributed by atoms with Gasteiger partial charge in [-0.15, -0.1) is 0 Å². The van der Waals surface area contributed by atoms with Gasteiger partial charge >= 0.3 is 5.97 Å². The summed E-state index contributed by atoms with van der Waals surface area (Å²) in [5.41, 5.74) is 1.77. The van der Waals surface area contributed by atoms with Crippen LogP contribution in [0.5, 0.6) is 0 Å². The molecule has 0 radical (unpaired) electrons. The van der Waals surface area contributed by atoms with E-state index in [9.17, 15) is 4.79 Å². The quantitative estimate of drug-likeness (QED) is 0.843. The van der Waals surface area contributed by atoms with Gasteiger partial charge in [0.1, 0.15) is 5.52 Å². The number of halogens is 1. The van der Waals surface area contributed by atoms with Gasteiger partial charge in [-0.2, -0.15) is 0 Å². The molecule has 112 valence electrons. The van der Waals surface area contributed by atoms with E-state index < -0.39 is 5.97 Å². The maximum Gasteiger partial charge on any atom is 0.313 e. The highest BCUT2D eigenvalue weighted by molar-refractivity contribution is 7.99. The SMILES string of the molecule is O=C(O)CSc1nc2c(Cl)cccc2n1CC1CCCC1. The minimum absolute atomic E-state index is 0.0195. The van der Waals surface area contributed by atoms with Crippen molar-refractivity contribution in [2.45, 2.75) is 37.4 Å². The van der Waals surface area contributed by atoms with Crippen LogP contribution in [0.1, 0.15) is 25.7 Å². The summed E-state index contributed by atoms with van der Waals surface area (Å²) in [7, 11) is 0. The van der Waals surface area contributed by atoms with Crippen LogP contribution in [-0.4, -0.2) is 26.4 Å². The van der Waals surface area contributed by atoms with Gasteiger partial charge in [-0.25, -0.2) is 4.98 Å². The van der Waals surface area contributed by atoms with Crippen molar-refractivity contribution in [3.63, 3.8) is 0 Å². The maximum absolute atomic E-state index is 10.8. The first-order chi connectivity index (χ1) is 10.1. The highest BCUT2D eigenvalue weighted by atomic mass is 35.5. The molecule has 1 heterocycles. The first-order valence-corrected chi connectivity index (χ1v) is 8.51. The molecule has 3 rings (SSSR count). The normalized spacial score (nSPS) is 15.9. The van der Waals surface area contributed by atoms with Gasteiger partial charge in [0.25, 0.3) is 0 Å². The van der Waals surface area contributed by atoms with Crippen LogP contribution in [0.15, 0.2) is 23.4 Å². The van der Waals surface area contributed by atoms with Gasteiger partial charge < -0.3 is 9.67 Å². The van der Waals surface area contributed by atoms with Crippen LogP contribution in [0, 0.1) is 5.92 Å². The van der Waals surface area contributed by atoms with Gasteiger partial charge in [-0.3, -0.25) is 4.79 Å². The number of benzene rings is 1. The molecule has 0 atom stereocenters. The lowest BCUT2D eigenvalue weighted by molar-refractivity contribution is -0.133. The van der Waals surface area contributed by atoms with Gasteiger partial charge in [0.05, 0.1) is 16.3 Å². The lowest BCUT2D eigenvalue weighted by atomic mass is 10.1. The molecule has 0 amide bonds. The Hall–Kier alpha value is -1.20.